The molecule has 0 spiro atoms. The van der Waals surface area contributed by atoms with Crippen molar-refractivity contribution in [3.63, 3.8) is 0 Å². The maximum Gasteiger partial charge on any atom is 0.352 e. The second kappa shape index (κ2) is 2.77. The molecular weight excluding hydrogens is 180 g/mol. The molecule has 2 rings (SSSR count). The van der Waals surface area contributed by atoms with Crippen LogP contribution in [0.4, 0.5) is 5.69 Å². The van der Waals surface area contributed by atoms with Crippen LogP contribution in [0.25, 0.3) is 10.9 Å². The summed E-state index contributed by atoms with van der Waals surface area (Å²) in [5.74, 6) is -0.961. The Labute approximate surface area is 80.3 Å². The van der Waals surface area contributed by atoms with E-state index in [2.05, 4.69) is 4.98 Å². The first-order valence-corrected chi connectivity index (χ1v) is 4.20. The molecule has 0 amide bonds. The average molecular weight is 190 g/mol. The standard InChI is InChI=1S/C10H10N2O2/c1-5-2-6-3-9(10(13)14)12-8(6)4-7(5)11/h2-4,12H,11H2,1H3,(H,13,14). The third kappa shape index (κ3) is 1.21. The highest BCUT2D eigenvalue weighted by Crippen LogP contribution is 2.21. The molecule has 0 fully saturated rings. The normalized spacial score (nSPS) is 10.6. The number of rotatable bonds is 1. The van der Waals surface area contributed by atoms with Gasteiger partial charge in [0.25, 0.3) is 0 Å². The maximum absolute atomic E-state index is 10.7. The number of aryl methyl sites for hydroxylation is 1. The largest absolute Gasteiger partial charge is 0.477 e. The number of anilines is 1. The molecule has 0 radical (unpaired) electrons. The average Bonchev–Trinajstić information content (AvgIpc) is 2.48. The predicted octanol–water partition coefficient (Wildman–Crippen LogP) is 1.76. The molecule has 4 N–H and O–H groups in total. The molecule has 1 heterocycles. The van der Waals surface area contributed by atoms with Gasteiger partial charge < -0.3 is 15.8 Å². The highest BCUT2D eigenvalue weighted by atomic mass is 16.4. The van der Waals surface area contributed by atoms with Crippen LogP contribution in [0.5, 0.6) is 0 Å². The third-order valence-corrected chi connectivity index (χ3v) is 2.24. The first-order valence-electron chi connectivity index (χ1n) is 4.20. The lowest BCUT2D eigenvalue weighted by molar-refractivity contribution is 0.0691. The van der Waals surface area contributed by atoms with E-state index in [4.69, 9.17) is 10.8 Å². The second-order valence-corrected chi connectivity index (χ2v) is 3.28. The molecule has 2 aromatic rings. The molecule has 0 saturated heterocycles. The van der Waals surface area contributed by atoms with Gasteiger partial charge in [-0.05, 0) is 30.7 Å². The van der Waals surface area contributed by atoms with Gasteiger partial charge in [-0.1, -0.05) is 0 Å². The number of hydrogen-bond acceptors (Lipinski definition) is 2. The minimum atomic E-state index is -0.961. The molecule has 0 aliphatic heterocycles. The van der Waals surface area contributed by atoms with Crippen LogP contribution in [-0.4, -0.2) is 16.1 Å². The van der Waals surface area contributed by atoms with E-state index in [1.54, 1.807) is 12.1 Å². The van der Waals surface area contributed by atoms with E-state index < -0.39 is 5.97 Å². The first kappa shape index (κ1) is 8.62. The van der Waals surface area contributed by atoms with Crippen molar-refractivity contribution in [1.29, 1.82) is 0 Å². The maximum atomic E-state index is 10.7. The van der Waals surface area contributed by atoms with Gasteiger partial charge >= 0.3 is 5.97 Å². The summed E-state index contributed by atoms with van der Waals surface area (Å²) in [6.07, 6.45) is 0. The van der Waals surface area contributed by atoms with Gasteiger partial charge in [-0.2, -0.15) is 0 Å². The molecule has 0 bridgehead atoms. The van der Waals surface area contributed by atoms with Crippen molar-refractivity contribution in [2.45, 2.75) is 6.92 Å². The van der Waals surface area contributed by atoms with Gasteiger partial charge in [0.1, 0.15) is 5.69 Å². The highest BCUT2D eigenvalue weighted by molar-refractivity contribution is 5.95. The SMILES string of the molecule is Cc1cc2cc(C(=O)O)[nH]c2cc1N. The smallest absolute Gasteiger partial charge is 0.352 e. The van der Waals surface area contributed by atoms with Crippen LogP contribution in [0.15, 0.2) is 18.2 Å². The summed E-state index contributed by atoms with van der Waals surface area (Å²) in [5, 5.41) is 9.63. The van der Waals surface area contributed by atoms with Crippen molar-refractivity contribution in [2.24, 2.45) is 0 Å². The zero-order valence-corrected chi connectivity index (χ0v) is 7.66. The van der Waals surface area contributed by atoms with E-state index in [1.807, 2.05) is 13.0 Å². The van der Waals surface area contributed by atoms with Gasteiger partial charge in [0.15, 0.2) is 0 Å². The summed E-state index contributed by atoms with van der Waals surface area (Å²) in [6.45, 7) is 1.89. The number of carbonyl (C=O) groups is 1. The Hall–Kier alpha value is -1.97. The van der Waals surface area contributed by atoms with Crippen molar-refractivity contribution in [1.82, 2.24) is 4.98 Å². The fourth-order valence-electron chi connectivity index (χ4n) is 1.43. The minimum absolute atomic E-state index is 0.185. The third-order valence-electron chi connectivity index (χ3n) is 2.24. The van der Waals surface area contributed by atoms with Crippen LogP contribution in [0.2, 0.25) is 0 Å². The number of hydrogen-bond donors (Lipinski definition) is 3. The quantitative estimate of drug-likeness (QED) is 0.599. The van der Waals surface area contributed by atoms with Crippen molar-refractivity contribution in [3.8, 4) is 0 Å². The van der Waals surface area contributed by atoms with Crippen molar-refractivity contribution < 1.29 is 9.90 Å². The number of nitrogens with two attached hydrogens (primary N) is 1. The molecule has 0 aliphatic rings. The number of aromatic nitrogens is 1. The van der Waals surface area contributed by atoms with Crippen LogP contribution < -0.4 is 5.73 Å². The summed E-state index contributed by atoms with van der Waals surface area (Å²) in [6, 6.07) is 5.22. The van der Waals surface area contributed by atoms with Crippen LogP contribution in [0.3, 0.4) is 0 Å². The zero-order chi connectivity index (χ0) is 10.3. The van der Waals surface area contributed by atoms with Gasteiger partial charge in [0, 0.05) is 16.6 Å². The number of fused-ring (bicyclic) bond motifs is 1. The Balaban J connectivity index is 2.72. The van der Waals surface area contributed by atoms with E-state index in [-0.39, 0.29) is 5.69 Å². The van der Waals surface area contributed by atoms with Crippen LogP contribution in [0, 0.1) is 6.92 Å². The van der Waals surface area contributed by atoms with E-state index in [1.165, 1.54) is 0 Å². The van der Waals surface area contributed by atoms with Gasteiger partial charge in [0.05, 0.1) is 0 Å². The van der Waals surface area contributed by atoms with Crippen LogP contribution in [-0.2, 0) is 0 Å². The van der Waals surface area contributed by atoms with Gasteiger partial charge in [-0.3, -0.25) is 0 Å². The van der Waals surface area contributed by atoms with E-state index in [0.717, 1.165) is 16.5 Å². The van der Waals surface area contributed by atoms with Crippen molar-refractivity contribution in [2.75, 3.05) is 5.73 Å². The van der Waals surface area contributed by atoms with E-state index in [9.17, 15) is 4.79 Å². The Morgan fingerprint density at radius 2 is 2.14 bits per heavy atom. The second-order valence-electron chi connectivity index (χ2n) is 3.28. The van der Waals surface area contributed by atoms with Gasteiger partial charge in [-0.15, -0.1) is 0 Å². The van der Waals surface area contributed by atoms with Crippen LogP contribution in [0.1, 0.15) is 16.1 Å². The lowest BCUT2D eigenvalue weighted by atomic mass is 10.1. The zero-order valence-electron chi connectivity index (χ0n) is 7.66. The monoisotopic (exact) mass is 190 g/mol. The number of aromatic carboxylic acids is 1. The van der Waals surface area contributed by atoms with Gasteiger partial charge in [-0.25, -0.2) is 4.79 Å². The number of carboxylic acids is 1. The molecule has 4 heteroatoms. The van der Waals surface area contributed by atoms with Crippen LogP contribution >= 0.6 is 0 Å². The topological polar surface area (TPSA) is 79.1 Å². The summed E-state index contributed by atoms with van der Waals surface area (Å²) < 4.78 is 0. The molecule has 0 atom stereocenters. The summed E-state index contributed by atoms with van der Waals surface area (Å²) in [4.78, 5) is 13.5. The molecule has 1 aromatic carbocycles. The molecule has 1 aromatic heterocycles. The molecule has 72 valence electrons. The number of aromatic amines is 1. The number of benzene rings is 1. The Morgan fingerprint density at radius 1 is 1.43 bits per heavy atom. The predicted molar refractivity (Wildman–Crippen MR) is 54.4 cm³/mol. The number of nitrogens with one attached hydrogen (secondary N) is 1. The van der Waals surface area contributed by atoms with Gasteiger partial charge in [0.2, 0.25) is 0 Å². The Morgan fingerprint density at radius 3 is 2.79 bits per heavy atom. The Kier molecular flexibility index (Phi) is 1.70. The molecule has 14 heavy (non-hydrogen) atoms. The highest BCUT2D eigenvalue weighted by Gasteiger charge is 2.07. The van der Waals surface area contributed by atoms with E-state index in [0.29, 0.717) is 5.69 Å². The summed E-state index contributed by atoms with van der Waals surface area (Å²) in [7, 11) is 0. The number of H-pyrrole nitrogens is 1. The lowest BCUT2D eigenvalue weighted by Gasteiger charge is -1.98. The molecule has 0 aliphatic carbocycles. The first-order chi connectivity index (χ1) is 6.58. The fraction of sp³-hybridized carbons (Fsp3) is 0.100. The van der Waals surface area contributed by atoms with Crippen molar-refractivity contribution in [3.05, 3.63) is 29.5 Å². The summed E-state index contributed by atoms with van der Waals surface area (Å²) >= 11 is 0. The lowest BCUT2D eigenvalue weighted by Crippen LogP contribution is -1.94. The minimum Gasteiger partial charge on any atom is -0.477 e. The number of nitrogen functional groups attached to an aromatic ring is 1. The molecule has 4 nitrogen and oxygen atoms in total. The fourth-order valence-corrected chi connectivity index (χ4v) is 1.43. The van der Waals surface area contributed by atoms with E-state index >= 15 is 0 Å². The molecule has 0 unspecified atom stereocenters. The molecule has 0 saturated carbocycles. The summed E-state index contributed by atoms with van der Waals surface area (Å²) in [5.41, 5.74) is 8.26. The molecular formula is C10H10N2O2. The number of carboxylic acid groups (broad SMARTS) is 1. The Bertz CT molecular complexity index is 475. The van der Waals surface area contributed by atoms with Crippen molar-refractivity contribution >= 4 is 22.6 Å².